The second kappa shape index (κ2) is 5.15. The van der Waals surface area contributed by atoms with Gasteiger partial charge >= 0.3 is 0 Å². The number of ether oxygens (including phenoxy) is 1. The Kier molecular flexibility index (Phi) is 3.45. The van der Waals surface area contributed by atoms with Crippen LogP contribution in [0.25, 0.3) is 11.3 Å². The van der Waals surface area contributed by atoms with Gasteiger partial charge in [-0.3, -0.25) is 0 Å². The summed E-state index contributed by atoms with van der Waals surface area (Å²) >= 11 is 0. The second-order valence-corrected chi connectivity index (χ2v) is 5.81. The maximum atomic E-state index is 13.9. The van der Waals surface area contributed by atoms with Gasteiger partial charge in [-0.05, 0) is 37.5 Å². The highest BCUT2D eigenvalue weighted by Crippen LogP contribution is 2.33. The number of hydrogen-bond acceptors (Lipinski definition) is 3. The highest BCUT2D eigenvalue weighted by molar-refractivity contribution is 5.63. The van der Waals surface area contributed by atoms with Crippen LogP contribution < -0.4 is 10.5 Å². The molecule has 0 radical (unpaired) electrons. The number of nitrogens with two attached hydrogens (primary N) is 1. The Balaban J connectivity index is 2.08. The van der Waals surface area contributed by atoms with Crippen LogP contribution in [0.1, 0.15) is 30.9 Å². The van der Waals surface area contributed by atoms with E-state index in [0.717, 1.165) is 35.7 Å². The van der Waals surface area contributed by atoms with Gasteiger partial charge in [-0.25, -0.2) is 9.37 Å². The fraction of sp³-hybridized carbons (Fsp3) is 0.438. The fourth-order valence-electron chi connectivity index (χ4n) is 3.08. The molecule has 0 amide bonds. The third kappa shape index (κ3) is 2.31. The zero-order valence-corrected chi connectivity index (χ0v) is 12.6. The molecule has 3 rings (SSSR count). The van der Waals surface area contributed by atoms with Gasteiger partial charge in [-0.15, -0.1) is 0 Å². The Bertz CT molecular complexity index is 680. The zero-order valence-electron chi connectivity index (χ0n) is 12.6. The first kappa shape index (κ1) is 14.1. The summed E-state index contributed by atoms with van der Waals surface area (Å²) in [4.78, 5) is 4.66. The van der Waals surface area contributed by atoms with Crippen LogP contribution in [0.3, 0.4) is 0 Å². The molecule has 1 aromatic carbocycles. The number of nitrogens with zero attached hydrogens (tertiary/aromatic N) is 2. The number of hydrogen-bond donors (Lipinski definition) is 1. The lowest BCUT2D eigenvalue weighted by molar-refractivity contribution is 0.343. The van der Waals surface area contributed by atoms with E-state index >= 15 is 0 Å². The quantitative estimate of drug-likeness (QED) is 0.924. The summed E-state index contributed by atoms with van der Waals surface area (Å²) in [7, 11) is 1.46. The molecule has 0 aliphatic carbocycles. The largest absolute Gasteiger partial charge is 0.494 e. The van der Waals surface area contributed by atoms with Crippen LogP contribution in [-0.2, 0) is 6.54 Å². The Morgan fingerprint density at radius 3 is 2.86 bits per heavy atom. The summed E-state index contributed by atoms with van der Waals surface area (Å²) in [6.07, 6.45) is 0.937. The third-order valence-electron chi connectivity index (χ3n) is 4.16. The van der Waals surface area contributed by atoms with Crippen molar-refractivity contribution < 1.29 is 9.13 Å². The molecule has 2 unspecified atom stereocenters. The molecule has 4 nitrogen and oxygen atoms in total. The van der Waals surface area contributed by atoms with Crippen LogP contribution in [-0.4, -0.2) is 16.7 Å². The second-order valence-electron chi connectivity index (χ2n) is 5.81. The Morgan fingerprint density at radius 2 is 2.19 bits per heavy atom. The lowest BCUT2D eigenvalue weighted by Gasteiger charge is -2.26. The molecular weight excluding hydrogens is 269 g/mol. The number of imidazole rings is 1. The molecule has 1 aliphatic rings. The molecule has 0 fully saturated rings. The van der Waals surface area contributed by atoms with Gasteiger partial charge in [0.1, 0.15) is 5.82 Å². The van der Waals surface area contributed by atoms with E-state index in [1.165, 1.54) is 13.2 Å². The molecule has 2 aromatic rings. The molecule has 5 heteroatoms. The standard InChI is InChI=1S/C16H20FN3O/c1-9-6-13(18)16-19-15(10(2)20(16)8-9)11-4-5-14(21-3)12(17)7-11/h4-5,7,9,13H,6,8,18H2,1-3H3. The lowest BCUT2D eigenvalue weighted by Crippen LogP contribution is -2.27. The molecule has 112 valence electrons. The van der Waals surface area contributed by atoms with Crippen LogP contribution in [0.15, 0.2) is 18.2 Å². The van der Waals surface area contributed by atoms with E-state index in [1.54, 1.807) is 6.07 Å². The summed E-state index contributed by atoms with van der Waals surface area (Å²) in [5, 5.41) is 0. The smallest absolute Gasteiger partial charge is 0.165 e. The maximum absolute atomic E-state index is 13.9. The molecule has 0 bridgehead atoms. The van der Waals surface area contributed by atoms with E-state index < -0.39 is 0 Å². The SMILES string of the molecule is COc1ccc(-c2nc3n(c2C)CC(C)CC3N)cc1F. The van der Waals surface area contributed by atoms with Gasteiger partial charge in [0.2, 0.25) is 0 Å². The molecule has 2 heterocycles. The number of halogens is 1. The van der Waals surface area contributed by atoms with Gasteiger partial charge in [0, 0.05) is 17.8 Å². The van der Waals surface area contributed by atoms with Gasteiger partial charge in [0.15, 0.2) is 11.6 Å². The number of benzene rings is 1. The van der Waals surface area contributed by atoms with Crippen LogP contribution >= 0.6 is 0 Å². The molecule has 0 saturated carbocycles. The van der Waals surface area contributed by atoms with Crippen molar-refractivity contribution in [1.82, 2.24) is 9.55 Å². The van der Waals surface area contributed by atoms with Crippen molar-refractivity contribution >= 4 is 0 Å². The molecular formula is C16H20FN3O. The van der Waals surface area contributed by atoms with Crippen LogP contribution in [0.2, 0.25) is 0 Å². The van der Waals surface area contributed by atoms with Crippen LogP contribution in [0, 0.1) is 18.7 Å². The van der Waals surface area contributed by atoms with Gasteiger partial charge in [0.05, 0.1) is 18.8 Å². The summed E-state index contributed by atoms with van der Waals surface area (Å²) in [5.74, 6) is 1.29. The molecule has 2 N–H and O–H groups in total. The van der Waals surface area contributed by atoms with Gasteiger partial charge in [-0.1, -0.05) is 6.92 Å². The Morgan fingerprint density at radius 1 is 1.43 bits per heavy atom. The fourth-order valence-corrected chi connectivity index (χ4v) is 3.08. The minimum absolute atomic E-state index is 0.0516. The van der Waals surface area contributed by atoms with Crippen molar-refractivity contribution in [3.8, 4) is 17.0 Å². The van der Waals surface area contributed by atoms with Crippen molar-refractivity contribution in [3.05, 3.63) is 35.5 Å². The first-order chi connectivity index (χ1) is 10.0. The molecule has 0 spiro atoms. The Hall–Kier alpha value is -1.88. The third-order valence-corrected chi connectivity index (χ3v) is 4.16. The number of aromatic nitrogens is 2. The van der Waals surface area contributed by atoms with E-state index in [-0.39, 0.29) is 17.6 Å². The normalized spacial score (nSPS) is 21.2. The molecule has 0 saturated heterocycles. The number of rotatable bonds is 2. The van der Waals surface area contributed by atoms with Gasteiger partial charge in [0.25, 0.3) is 0 Å². The van der Waals surface area contributed by atoms with E-state index in [1.807, 2.05) is 13.0 Å². The molecule has 21 heavy (non-hydrogen) atoms. The molecule has 1 aliphatic heterocycles. The monoisotopic (exact) mass is 289 g/mol. The highest BCUT2D eigenvalue weighted by Gasteiger charge is 2.27. The highest BCUT2D eigenvalue weighted by atomic mass is 19.1. The van der Waals surface area contributed by atoms with E-state index in [9.17, 15) is 4.39 Å². The summed E-state index contributed by atoms with van der Waals surface area (Å²) in [6, 6.07) is 4.88. The van der Waals surface area contributed by atoms with E-state index in [0.29, 0.717) is 5.92 Å². The molecule has 1 aromatic heterocycles. The zero-order chi connectivity index (χ0) is 15.1. The predicted octanol–water partition coefficient (Wildman–Crippen LogP) is 3.05. The average Bonchev–Trinajstić information content (AvgIpc) is 2.77. The predicted molar refractivity (Wildman–Crippen MR) is 79.6 cm³/mol. The van der Waals surface area contributed by atoms with Gasteiger partial charge < -0.3 is 15.0 Å². The Labute approximate surface area is 123 Å². The van der Waals surface area contributed by atoms with Crippen molar-refractivity contribution in [1.29, 1.82) is 0 Å². The summed E-state index contributed by atoms with van der Waals surface area (Å²) in [6.45, 7) is 5.12. The van der Waals surface area contributed by atoms with Crippen molar-refractivity contribution in [2.75, 3.05) is 7.11 Å². The number of methoxy groups -OCH3 is 1. The van der Waals surface area contributed by atoms with Crippen LogP contribution in [0.5, 0.6) is 5.75 Å². The van der Waals surface area contributed by atoms with Gasteiger partial charge in [-0.2, -0.15) is 0 Å². The lowest BCUT2D eigenvalue weighted by atomic mass is 9.98. The maximum Gasteiger partial charge on any atom is 0.165 e. The van der Waals surface area contributed by atoms with E-state index in [2.05, 4.69) is 16.5 Å². The minimum atomic E-state index is -0.377. The summed E-state index contributed by atoms with van der Waals surface area (Å²) < 4.78 is 21.0. The number of fused-ring (bicyclic) bond motifs is 1. The van der Waals surface area contributed by atoms with E-state index in [4.69, 9.17) is 10.5 Å². The molecule has 2 atom stereocenters. The minimum Gasteiger partial charge on any atom is -0.494 e. The first-order valence-corrected chi connectivity index (χ1v) is 7.17. The van der Waals surface area contributed by atoms with Crippen molar-refractivity contribution in [2.45, 2.75) is 32.9 Å². The topological polar surface area (TPSA) is 53.1 Å². The van der Waals surface area contributed by atoms with Crippen LogP contribution in [0.4, 0.5) is 4.39 Å². The first-order valence-electron chi connectivity index (χ1n) is 7.17. The van der Waals surface area contributed by atoms with Crippen molar-refractivity contribution in [3.63, 3.8) is 0 Å². The average molecular weight is 289 g/mol. The summed E-state index contributed by atoms with van der Waals surface area (Å²) in [5.41, 5.74) is 8.79. The van der Waals surface area contributed by atoms with Crippen molar-refractivity contribution in [2.24, 2.45) is 11.7 Å².